The summed E-state index contributed by atoms with van der Waals surface area (Å²) < 4.78 is 0. The zero-order valence-electron chi connectivity index (χ0n) is 12.2. The van der Waals surface area contributed by atoms with E-state index in [0.29, 0.717) is 29.4 Å². The molecule has 21 heavy (non-hydrogen) atoms. The Labute approximate surface area is 125 Å². The summed E-state index contributed by atoms with van der Waals surface area (Å²) in [5.41, 5.74) is 14.2. The largest absolute Gasteiger partial charge is 0.399 e. The van der Waals surface area contributed by atoms with Crippen LogP contribution >= 0.6 is 0 Å². The number of benzene rings is 2. The number of anilines is 2. The van der Waals surface area contributed by atoms with E-state index in [1.54, 1.807) is 18.2 Å². The van der Waals surface area contributed by atoms with Crippen molar-refractivity contribution >= 4 is 17.3 Å². The first-order chi connectivity index (χ1) is 10.1. The van der Waals surface area contributed by atoms with Gasteiger partial charge in [0.15, 0.2) is 0 Å². The number of carbonyl (C=O) groups is 1. The molecule has 0 saturated carbocycles. The number of rotatable bonds is 5. The van der Waals surface area contributed by atoms with Crippen LogP contribution in [0.2, 0.25) is 0 Å². The number of carbonyl (C=O) groups excluding carboxylic acids is 1. The summed E-state index contributed by atoms with van der Waals surface area (Å²) in [5.74, 6) is 0.256. The predicted molar refractivity (Wildman–Crippen MR) is 87.1 cm³/mol. The molecule has 4 nitrogen and oxygen atoms in total. The van der Waals surface area contributed by atoms with E-state index in [1.165, 1.54) is 5.56 Å². The molecule has 0 aromatic heterocycles. The molecule has 2 aromatic carbocycles. The van der Waals surface area contributed by atoms with Gasteiger partial charge in [-0.3, -0.25) is 4.79 Å². The van der Waals surface area contributed by atoms with Crippen LogP contribution in [0.3, 0.4) is 0 Å². The third-order valence-corrected chi connectivity index (χ3v) is 3.47. The topological polar surface area (TPSA) is 81.1 Å². The zero-order chi connectivity index (χ0) is 15.2. The fraction of sp³-hybridized carbons (Fsp3) is 0.235. The number of nitrogen functional groups attached to an aromatic ring is 2. The minimum Gasteiger partial charge on any atom is -0.399 e. The average Bonchev–Trinajstić information content (AvgIpc) is 2.47. The van der Waals surface area contributed by atoms with Crippen molar-refractivity contribution in [2.24, 2.45) is 0 Å². The standard InChI is InChI=1S/C17H21N3O/c1-12(13-5-3-2-4-6-13)7-8-20-17(21)14-9-15(18)11-16(19)10-14/h2-6,9-12H,7-8,18-19H2,1H3,(H,20,21). The number of hydrogen-bond acceptors (Lipinski definition) is 3. The van der Waals surface area contributed by atoms with Crippen LogP contribution in [-0.2, 0) is 0 Å². The summed E-state index contributed by atoms with van der Waals surface area (Å²) in [7, 11) is 0. The third kappa shape index (κ3) is 4.24. The normalized spacial score (nSPS) is 11.9. The number of nitrogens with two attached hydrogens (primary N) is 2. The van der Waals surface area contributed by atoms with Crippen LogP contribution in [0.4, 0.5) is 11.4 Å². The van der Waals surface area contributed by atoms with Gasteiger partial charge in [0, 0.05) is 23.5 Å². The SMILES string of the molecule is CC(CCNC(=O)c1cc(N)cc(N)c1)c1ccccc1. The number of hydrogen-bond donors (Lipinski definition) is 3. The quantitative estimate of drug-likeness (QED) is 0.738. The molecule has 0 bridgehead atoms. The van der Waals surface area contributed by atoms with Crippen molar-refractivity contribution in [3.8, 4) is 0 Å². The molecule has 0 aliphatic carbocycles. The van der Waals surface area contributed by atoms with Crippen LogP contribution < -0.4 is 16.8 Å². The van der Waals surface area contributed by atoms with E-state index in [1.807, 2.05) is 18.2 Å². The average molecular weight is 283 g/mol. The van der Waals surface area contributed by atoms with E-state index in [0.717, 1.165) is 6.42 Å². The summed E-state index contributed by atoms with van der Waals surface area (Å²) in [5, 5.41) is 2.90. The molecule has 0 radical (unpaired) electrons. The Morgan fingerprint density at radius 2 is 1.71 bits per heavy atom. The molecular formula is C17H21N3O. The predicted octanol–water partition coefficient (Wildman–Crippen LogP) is 2.77. The summed E-state index contributed by atoms with van der Waals surface area (Å²) in [4.78, 5) is 12.0. The maximum Gasteiger partial charge on any atom is 0.251 e. The van der Waals surface area contributed by atoms with Crippen molar-refractivity contribution in [1.29, 1.82) is 0 Å². The lowest BCUT2D eigenvalue weighted by Crippen LogP contribution is -2.25. The summed E-state index contributed by atoms with van der Waals surface area (Å²) in [6.07, 6.45) is 0.882. The van der Waals surface area contributed by atoms with E-state index in [4.69, 9.17) is 11.5 Å². The fourth-order valence-corrected chi connectivity index (χ4v) is 2.26. The summed E-state index contributed by atoms with van der Waals surface area (Å²) >= 11 is 0. The Hall–Kier alpha value is -2.49. The van der Waals surface area contributed by atoms with Gasteiger partial charge in [-0.1, -0.05) is 37.3 Å². The van der Waals surface area contributed by atoms with E-state index in [2.05, 4.69) is 24.4 Å². The second kappa shape index (κ2) is 6.79. The summed E-state index contributed by atoms with van der Waals surface area (Å²) in [6, 6.07) is 15.2. The molecule has 5 N–H and O–H groups in total. The molecule has 2 rings (SSSR count). The van der Waals surface area contributed by atoms with Crippen molar-refractivity contribution in [3.63, 3.8) is 0 Å². The maximum absolute atomic E-state index is 12.0. The minimum absolute atomic E-state index is 0.144. The lowest BCUT2D eigenvalue weighted by Gasteiger charge is -2.12. The Bertz CT molecular complexity index is 590. The van der Waals surface area contributed by atoms with Crippen LogP contribution in [0, 0.1) is 0 Å². The smallest absolute Gasteiger partial charge is 0.251 e. The second-order valence-corrected chi connectivity index (χ2v) is 5.24. The van der Waals surface area contributed by atoms with Crippen molar-refractivity contribution in [2.45, 2.75) is 19.3 Å². The number of amides is 1. The Morgan fingerprint density at radius 1 is 1.10 bits per heavy atom. The van der Waals surface area contributed by atoms with Gasteiger partial charge in [0.2, 0.25) is 0 Å². The molecule has 1 amide bonds. The highest BCUT2D eigenvalue weighted by atomic mass is 16.1. The van der Waals surface area contributed by atoms with E-state index in [-0.39, 0.29) is 5.91 Å². The number of nitrogens with one attached hydrogen (secondary N) is 1. The second-order valence-electron chi connectivity index (χ2n) is 5.24. The van der Waals surface area contributed by atoms with Gasteiger partial charge in [-0.2, -0.15) is 0 Å². The Kier molecular flexibility index (Phi) is 4.82. The first kappa shape index (κ1) is 14.9. The van der Waals surface area contributed by atoms with Gasteiger partial charge in [0.1, 0.15) is 0 Å². The summed E-state index contributed by atoms with van der Waals surface area (Å²) in [6.45, 7) is 2.77. The maximum atomic E-state index is 12.0. The van der Waals surface area contributed by atoms with E-state index < -0.39 is 0 Å². The van der Waals surface area contributed by atoms with Gasteiger partial charge in [-0.15, -0.1) is 0 Å². The molecular weight excluding hydrogens is 262 g/mol. The van der Waals surface area contributed by atoms with E-state index in [9.17, 15) is 4.79 Å². The van der Waals surface area contributed by atoms with Gasteiger partial charge in [0.05, 0.1) is 0 Å². The third-order valence-electron chi connectivity index (χ3n) is 3.47. The fourth-order valence-electron chi connectivity index (χ4n) is 2.26. The van der Waals surface area contributed by atoms with Crippen LogP contribution in [-0.4, -0.2) is 12.5 Å². The molecule has 2 aromatic rings. The minimum atomic E-state index is -0.144. The van der Waals surface area contributed by atoms with Crippen LogP contribution in [0.25, 0.3) is 0 Å². The van der Waals surface area contributed by atoms with Gasteiger partial charge < -0.3 is 16.8 Å². The molecule has 0 fully saturated rings. The van der Waals surface area contributed by atoms with Gasteiger partial charge in [-0.05, 0) is 36.1 Å². The van der Waals surface area contributed by atoms with Crippen molar-refractivity contribution in [2.75, 3.05) is 18.0 Å². The molecule has 0 saturated heterocycles. The van der Waals surface area contributed by atoms with Gasteiger partial charge in [0.25, 0.3) is 5.91 Å². The Balaban J connectivity index is 1.87. The van der Waals surface area contributed by atoms with Crippen LogP contribution in [0.5, 0.6) is 0 Å². The molecule has 1 unspecified atom stereocenters. The lowest BCUT2D eigenvalue weighted by atomic mass is 9.98. The molecule has 1 atom stereocenters. The van der Waals surface area contributed by atoms with Crippen LogP contribution in [0.1, 0.15) is 35.2 Å². The van der Waals surface area contributed by atoms with Crippen molar-refractivity contribution in [3.05, 3.63) is 59.7 Å². The highest BCUT2D eigenvalue weighted by Gasteiger charge is 2.09. The van der Waals surface area contributed by atoms with Gasteiger partial charge >= 0.3 is 0 Å². The molecule has 110 valence electrons. The molecule has 0 aliphatic rings. The highest BCUT2D eigenvalue weighted by molar-refractivity contribution is 5.96. The molecule has 0 spiro atoms. The van der Waals surface area contributed by atoms with Crippen molar-refractivity contribution in [1.82, 2.24) is 5.32 Å². The molecule has 4 heteroatoms. The first-order valence-corrected chi connectivity index (χ1v) is 7.05. The zero-order valence-corrected chi connectivity index (χ0v) is 12.2. The van der Waals surface area contributed by atoms with Crippen LogP contribution in [0.15, 0.2) is 48.5 Å². The lowest BCUT2D eigenvalue weighted by molar-refractivity contribution is 0.0952. The van der Waals surface area contributed by atoms with Crippen molar-refractivity contribution < 1.29 is 4.79 Å². The van der Waals surface area contributed by atoms with Gasteiger partial charge in [-0.25, -0.2) is 0 Å². The van der Waals surface area contributed by atoms with E-state index >= 15 is 0 Å². The molecule has 0 aliphatic heterocycles. The Morgan fingerprint density at radius 3 is 2.33 bits per heavy atom. The molecule has 0 heterocycles. The first-order valence-electron chi connectivity index (χ1n) is 7.05. The highest BCUT2D eigenvalue weighted by Crippen LogP contribution is 2.18. The monoisotopic (exact) mass is 283 g/mol.